The second kappa shape index (κ2) is 5.11. The number of nitrogens with zero attached hydrogens (tertiary/aromatic N) is 1. The monoisotopic (exact) mass is 240 g/mol. The summed E-state index contributed by atoms with van der Waals surface area (Å²) in [6.07, 6.45) is 0. The van der Waals surface area contributed by atoms with Crippen molar-refractivity contribution in [2.75, 3.05) is 13.7 Å². The van der Waals surface area contributed by atoms with Gasteiger partial charge in [0.05, 0.1) is 18.6 Å². The number of para-hydroxylation sites is 1. The van der Waals surface area contributed by atoms with E-state index in [4.69, 9.17) is 10.6 Å². The lowest BCUT2D eigenvalue weighted by Crippen LogP contribution is -2.27. The average Bonchev–Trinajstić information content (AvgIpc) is 2.27. The first-order chi connectivity index (χ1) is 7.94. The lowest BCUT2D eigenvalue weighted by Gasteiger charge is -2.23. The van der Waals surface area contributed by atoms with Crippen molar-refractivity contribution in [3.05, 3.63) is 33.9 Å². The molecule has 0 aromatic heterocycles. The summed E-state index contributed by atoms with van der Waals surface area (Å²) < 4.78 is 5.01. The molecule has 2 N–H and O–H groups in total. The molecule has 1 aromatic rings. The Morgan fingerprint density at radius 2 is 2.12 bits per heavy atom. The summed E-state index contributed by atoms with van der Waals surface area (Å²) in [5.41, 5.74) is -0.0737. The minimum absolute atomic E-state index is 0.0444. The third-order valence-electron chi connectivity index (χ3n) is 2.57. The Morgan fingerprint density at radius 3 is 2.59 bits per heavy atom. The fourth-order valence-corrected chi connectivity index (χ4v) is 1.71. The molecule has 17 heavy (non-hydrogen) atoms. The number of nitrogens with two attached hydrogens (primary N) is 1. The van der Waals surface area contributed by atoms with Crippen LogP contribution in [0.5, 0.6) is 5.75 Å². The first-order valence-electron chi connectivity index (χ1n) is 5.07. The number of hydrogen-bond acceptors (Lipinski definition) is 5. The first kappa shape index (κ1) is 13.4. The zero-order chi connectivity index (χ0) is 13.1. The van der Waals surface area contributed by atoms with Gasteiger partial charge in [-0.3, -0.25) is 10.1 Å². The highest BCUT2D eigenvalue weighted by molar-refractivity contribution is 5.55. The molecule has 0 atom stereocenters. The molecule has 6 heteroatoms. The Hall–Kier alpha value is -1.66. The van der Waals surface area contributed by atoms with Gasteiger partial charge in [0.1, 0.15) is 0 Å². The number of rotatable bonds is 5. The van der Waals surface area contributed by atoms with Gasteiger partial charge in [-0.25, -0.2) is 5.90 Å². The number of nitro benzene ring substituents is 1. The zero-order valence-corrected chi connectivity index (χ0v) is 10.1. The SMILES string of the molecule is COc1cccc(C(C)(C)CON)c1[N+](=O)[O-]. The van der Waals surface area contributed by atoms with Gasteiger partial charge in [0, 0.05) is 11.0 Å². The Bertz CT molecular complexity index is 418. The molecule has 0 aliphatic carbocycles. The highest BCUT2D eigenvalue weighted by Crippen LogP contribution is 2.37. The molecule has 0 spiro atoms. The van der Waals surface area contributed by atoms with Gasteiger partial charge in [0.15, 0.2) is 5.75 Å². The highest BCUT2D eigenvalue weighted by Gasteiger charge is 2.32. The van der Waals surface area contributed by atoms with Gasteiger partial charge in [-0.05, 0) is 6.07 Å². The zero-order valence-electron chi connectivity index (χ0n) is 10.1. The number of methoxy groups -OCH3 is 1. The molecule has 0 aliphatic rings. The maximum Gasteiger partial charge on any atom is 0.314 e. The summed E-state index contributed by atoms with van der Waals surface area (Å²) in [6.45, 7) is 3.82. The Kier molecular flexibility index (Phi) is 4.03. The van der Waals surface area contributed by atoms with Crippen LogP contribution in [0, 0.1) is 10.1 Å². The van der Waals surface area contributed by atoms with Gasteiger partial charge in [-0.2, -0.15) is 0 Å². The predicted octanol–water partition coefficient (Wildman–Crippen LogP) is 1.77. The predicted molar refractivity (Wildman–Crippen MR) is 62.8 cm³/mol. The Labute approximate surface area is 99.4 Å². The van der Waals surface area contributed by atoms with Crippen molar-refractivity contribution in [2.24, 2.45) is 5.90 Å². The van der Waals surface area contributed by atoms with E-state index in [0.717, 1.165) is 0 Å². The van der Waals surface area contributed by atoms with Crippen molar-refractivity contribution >= 4 is 5.69 Å². The van der Waals surface area contributed by atoms with Crippen LogP contribution in [0.2, 0.25) is 0 Å². The lowest BCUT2D eigenvalue weighted by molar-refractivity contribution is -0.387. The molecule has 0 bridgehead atoms. The third kappa shape index (κ3) is 2.72. The number of ether oxygens (including phenoxy) is 1. The van der Waals surface area contributed by atoms with Crippen LogP contribution in [0.4, 0.5) is 5.69 Å². The van der Waals surface area contributed by atoms with E-state index >= 15 is 0 Å². The largest absolute Gasteiger partial charge is 0.490 e. The molecule has 6 nitrogen and oxygen atoms in total. The van der Waals surface area contributed by atoms with Crippen LogP contribution in [-0.2, 0) is 10.3 Å². The van der Waals surface area contributed by atoms with Gasteiger partial charge < -0.3 is 9.57 Å². The van der Waals surface area contributed by atoms with Crippen LogP contribution in [0.1, 0.15) is 19.4 Å². The summed E-state index contributed by atoms with van der Waals surface area (Å²) in [7, 11) is 1.40. The molecular weight excluding hydrogens is 224 g/mol. The second-order valence-electron chi connectivity index (χ2n) is 4.31. The van der Waals surface area contributed by atoms with Crippen LogP contribution in [-0.4, -0.2) is 18.6 Å². The maximum atomic E-state index is 11.1. The first-order valence-corrected chi connectivity index (χ1v) is 5.07. The fraction of sp³-hybridized carbons (Fsp3) is 0.455. The summed E-state index contributed by atoms with van der Waals surface area (Å²) in [5, 5.41) is 11.1. The van der Waals surface area contributed by atoms with E-state index in [9.17, 15) is 10.1 Å². The Morgan fingerprint density at radius 1 is 1.47 bits per heavy atom. The molecular formula is C11H16N2O4. The minimum atomic E-state index is -0.564. The third-order valence-corrected chi connectivity index (χ3v) is 2.57. The van der Waals surface area contributed by atoms with E-state index in [1.807, 2.05) is 13.8 Å². The van der Waals surface area contributed by atoms with Crippen molar-refractivity contribution < 1.29 is 14.5 Å². The van der Waals surface area contributed by atoms with E-state index in [1.54, 1.807) is 18.2 Å². The van der Waals surface area contributed by atoms with E-state index < -0.39 is 10.3 Å². The summed E-state index contributed by atoms with van der Waals surface area (Å²) in [5.74, 6) is 5.28. The van der Waals surface area contributed by atoms with Gasteiger partial charge in [0.25, 0.3) is 0 Å². The van der Waals surface area contributed by atoms with Crippen molar-refractivity contribution in [2.45, 2.75) is 19.3 Å². The van der Waals surface area contributed by atoms with Gasteiger partial charge in [-0.1, -0.05) is 26.0 Å². The second-order valence-corrected chi connectivity index (χ2v) is 4.31. The van der Waals surface area contributed by atoms with E-state index in [-0.39, 0.29) is 18.0 Å². The molecule has 0 aliphatic heterocycles. The van der Waals surface area contributed by atoms with Gasteiger partial charge >= 0.3 is 5.69 Å². The summed E-state index contributed by atoms with van der Waals surface area (Å²) in [6, 6.07) is 4.94. The van der Waals surface area contributed by atoms with Crippen LogP contribution in [0.15, 0.2) is 18.2 Å². The van der Waals surface area contributed by atoms with Crippen LogP contribution >= 0.6 is 0 Å². The smallest absolute Gasteiger partial charge is 0.314 e. The van der Waals surface area contributed by atoms with Crippen molar-refractivity contribution in [1.29, 1.82) is 0 Å². The van der Waals surface area contributed by atoms with Gasteiger partial charge in [0.2, 0.25) is 0 Å². The molecule has 0 radical (unpaired) electrons. The average molecular weight is 240 g/mol. The number of benzene rings is 1. The van der Waals surface area contributed by atoms with E-state index in [0.29, 0.717) is 5.56 Å². The lowest BCUT2D eigenvalue weighted by atomic mass is 9.84. The summed E-state index contributed by atoms with van der Waals surface area (Å²) >= 11 is 0. The number of hydrogen-bond donors (Lipinski definition) is 1. The van der Waals surface area contributed by atoms with Crippen molar-refractivity contribution in [1.82, 2.24) is 0 Å². The minimum Gasteiger partial charge on any atom is -0.490 e. The fourth-order valence-electron chi connectivity index (χ4n) is 1.71. The molecule has 94 valence electrons. The van der Waals surface area contributed by atoms with Crippen LogP contribution in [0.25, 0.3) is 0 Å². The molecule has 0 saturated carbocycles. The normalized spacial score (nSPS) is 11.3. The topological polar surface area (TPSA) is 87.6 Å². The quantitative estimate of drug-likeness (QED) is 0.626. The number of nitro groups is 1. The van der Waals surface area contributed by atoms with E-state index in [2.05, 4.69) is 4.84 Å². The van der Waals surface area contributed by atoms with Crippen molar-refractivity contribution in [3.63, 3.8) is 0 Å². The molecule has 0 unspecified atom stereocenters. The molecule has 1 rings (SSSR count). The van der Waals surface area contributed by atoms with Crippen molar-refractivity contribution in [3.8, 4) is 5.75 Å². The Balaban J connectivity index is 3.37. The van der Waals surface area contributed by atoms with Gasteiger partial charge in [-0.15, -0.1) is 0 Å². The molecule has 1 aromatic carbocycles. The maximum absolute atomic E-state index is 11.1. The van der Waals surface area contributed by atoms with Crippen LogP contribution in [0.3, 0.4) is 0 Å². The van der Waals surface area contributed by atoms with Crippen LogP contribution < -0.4 is 10.6 Å². The molecule has 0 saturated heterocycles. The summed E-state index contributed by atoms with van der Waals surface area (Å²) in [4.78, 5) is 15.3. The highest BCUT2D eigenvalue weighted by atomic mass is 16.6. The molecule has 0 fully saturated rings. The van der Waals surface area contributed by atoms with E-state index in [1.165, 1.54) is 7.11 Å². The molecule has 0 amide bonds. The molecule has 0 heterocycles. The standard InChI is InChI=1S/C11H16N2O4/c1-11(2,7-17-12)8-5-4-6-9(16-3)10(8)13(14)15/h4-6H,7,12H2,1-3H3.